The molecule has 2 aromatic carbocycles. The van der Waals surface area contributed by atoms with Gasteiger partial charge in [0.2, 0.25) is 11.7 Å². The van der Waals surface area contributed by atoms with Crippen molar-refractivity contribution in [1.29, 1.82) is 0 Å². The van der Waals surface area contributed by atoms with Gasteiger partial charge in [-0.2, -0.15) is 4.98 Å². The maximum absolute atomic E-state index is 13.1. The number of carbonyl (C=O) groups excluding carboxylic acids is 1. The Morgan fingerprint density at radius 3 is 2.89 bits per heavy atom. The van der Waals surface area contributed by atoms with E-state index in [0.29, 0.717) is 34.6 Å². The van der Waals surface area contributed by atoms with Crippen molar-refractivity contribution in [2.24, 2.45) is 0 Å². The van der Waals surface area contributed by atoms with Crippen molar-refractivity contribution in [1.82, 2.24) is 15.0 Å². The number of amides is 1. The maximum atomic E-state index is 13.1. The Morgan fingerprint density at radius 2 is 2.07 bits per heavy atom. The number of benzene rings is 2. The van der Waals surface area contributed by atoms with Crippen LogP contribution >= 0.6 is 11.6 Å². The van der Waals surface area contributed by atoms with Crippen LogP contribution in [0.25, 0.3) is 11.4 Å². The number of para-hydroxylation sites is 1. The van der Waals surface area contributed by atoms with E-state index in [-0.39, 0.29) is 11.9 Å². The number of likely N-dealkylation sites (tertiary alicyclic amines) is 1. The van der Waals surface area contributed by atoms with Gasteiger partial charge in [0.1, 0.15) is 11.8 Å². The zero-order chi connectivity index (χ0) is 19.7. The average Bonchev–Trinajstić information content (AvgIpc) is 3.38. The molecule has 1 aromatic heterocycles. The van der Waals surface area contributed by atoms with Gasteiger partial charge in [-0.25, -0.2) is 0 Å². The Hall–Kier alpha value is -2.86. The van der Waals surface area contributed by atoms with Crippen molar-refractivity contribution >= 4 is 17.5 Å². The van der Waals surface area contributed by atoms with Crippen LogP contribution in [0.4, 0.5) is 0 Å². The Balaban J connectivity index is 1.63. The highest BCUT2D eigenvalue weighted by atomic mass is 35.5. The number of halogens is 1. The van der Waals surface area contributed by atoms with Gasteiger partial charge in [-0.1, -0.05) is 41.0 Å². The van der Waals surface area contributed by atoms with Crippen LogP contribution < -0.4 is 4.74 Å². The molecule has 1 atom stereocenters. The van der Waals surface area contributed by atoms with Gasteiger partial charge in [0, 0.05) is 17.1 Å². The Kier molecular flexibility index (Phi) is 5.05. The first-order valence-electron chi connectivity index (χ1n) is 9.13. The molecule has 1 saturated heterocycles. The molecular formula is C21H20ClN3O3. The summed E-state index contributed by atoms with van der Waals surface area (Å²) in [5, 5.41) is 4.78. The van der Waals surface area contributed by atoms with E-state index in [1.54, 1.807) is 24.1 Å². The fourth-order valence-corrected chi connectivity index (χ4v) is 3.75. The van der Waals surface area contributed by atoms with E-state index < -0.39 is 0 Å². The van der Waals surface area contributed by atoms with Crippen molar-refractivity contribution in [3.05, 3.63) is 64.5 Å². The third-order valence-corrected chi connectivity index (χ3v) is 5.50. The van der Waals surface area contributed by atoms with Gasteiger partial charge in [0.25, 0.3) is 5.91 Å². The number of methoxy groups -OCH3 is 1. The van der Waals surface area contributed by atoms with Crippen LogP contribution in [0.15, 0.2) is 47.0 Å². The Labute approximate surface area is 168 Å². The lowest BCUT2D eigenvalue weighted by molar-refractivity contribution is 0.0706. The molecule has 0 radical (unpaired) electrons. The molecule has 1 fully saturated rings. The second-order valence-electron chi connectivity index (χ2n) is 6.73. The number of hydrogen-bond acceptors (Lipinski definition) is 5. The zero-order valence-electron chi connectivity index (χ0n) is 15.7. The van der Waals surface area contributed by atoms with E-state index in [4.69, 9.17) is 20.9 Å². The first-order chi connectivity index (χ1) is 13.6. The molecule has 1 amide bonds. The molecule has 0 unspecified atom stereocenters. The quantitative estimate of drug-likeness (QED) is 0.639. The number of nitrogens with zero attached hydrogens (tertiary/aromatic N) is 3. The first-order valence-corrected chi connectivity index (χ1v) is 9.51. The smallest absolute Gasteiger partial charge is 0.258 e. The summed E-state index contributed by atoms with van der Waals surface area (Å²) in [6.07, 6.45) is 1.65. The molecule has 2 heterocycles. The monoisotopic (exact) mass is 397 g/mol. The van der Waals surface area contributed by atoms with Crippen LogP contribution in [-0.2, 0) is 0 Å². The lowest BCUT2D eigenvalue weighted by atomic mass is 10.1. The standard InChI is InChI=1S/C21H20ClN3O3/c1-13-14(8-5-9-16(13)22)19-23-20(28-24-19)17-10-6-12-25(17)21(26)15-7-3-4-11-18(15)27-2/h3-5,7-9,11,17H,6,10,12H2,1-2H3/t17-/m0/s1. The topological polar surface area (TPSA) is 68.5 Å². The van der Waals surface area contributed by atoms with Crippen molar-refractivity contribution in [3.8, 4) is 17.1 Å². The third-order valence-electron chi connectivity index (χ3n) is 5.09. The summed E-state index contributed by atoms with van der Waals surface area (Å²) >= 11 is 6.21. The normalized spacial score (nSPS) is 16.4. The molecule has 3 aromatic rings. The van der Waals surface area contributed by atoms with E-state index in [9.17, 15) is 4.79 Å². The molecule has 1 aliphatic heterocycles. The highest BCUT2D eigenvalue weighted by molar-refractivity contribution is 6.31. The molecule has 0 saturated carbocycles. The summed E-state index contributed by atoms with van der Waals surface area (Å²) in [6, 6.07) is 12.6. The van der Waals surface area contributed by atoms with Gasteiger partial charge in [-0.3, -0.25) is 4.79 Å². The molecule has 28 heavy (non-hydrogen) atoms. The lowest BCUT2D eigenvalue weighted by Crippen LogP contribution is -2.31. The Bertz CT molecular complexity index is 1020. The van der Waals surface area contributed by atoms with Crippen LogP contribution in [-0.4, -0.2) is 34.6 Å². The fourth-order valence-electron chi connectivity index (χ4n) is 3.57. The van der Waals surface area contributed by atoms with E-state index >= 15 is 0 Å². The van der Waals surface area contributed by atoms with Crippen molar-refractivity contribution in [2.45, 2.75) is 25.8 Å². The third kappa shape index (κ3) is 3.24. The van der Waals surface area contributed by atoms with Crippen LogP contribution in [0.5, 0.6) is 5.75 Å². The number of carbonyl (C=O) groups is 1. The maximum Gasteiger partial charge on any atom is 0.258 e. The summed E-state index contributed by atoms with van der Waals surface area (Å²) in [5.41, 5.74) is 2.25. The van der Waals surface area contributed by atoms with Gasteiger partial charge >= 0.3 is 0 Å². The predicted octanol–water partition coefficient (Wildman–Crippen LogP) is 4.68. The van der Waals surface area contributed by atoms with Crippen LogP contribution in [0, 0.1) is 6.92 Å². The zero-order valence-corrected chi connectivity index (χ0v) is 16.4. The van der Waals surface area contributed by atoms with Gasteiger partial charge < -0.3 is 14.2 Å². The SMILES string of the molecule is COc1ccccc1C(=O)N1CCC[C@H]1c1nc(-c2cccc(Cl)c2C)no1. The largest absolute Gasteiger partial charge is 0.496 e. The summed E-state index contributed by atoms with van der Waals surface area (Å²) in [5.74, 6) is 1.37. The summed E-state index contributed by atoms with van der Waals surface area (Å²) in [7, 11) is 1.56. The van der Waals surface area contributed by atoms with Crippen molar-refractivity contribution in [2.75, 3.05) is 13.7 Å². The van der Waals surface area contributed by atoms with Gasteiger partial charge in [0.15, 0.2) is 0 Å². The first kappa shape index (κ1) is 18.5. The predicted molar refractivity (Wildman–Crippen MR) is 105 cm³/mol. The minimum absolute atomic E-state index is 0.0985. The van der Waals surface area contributed by atoms with Gasteiger partial charge in [-0.05, 0) is 43.5 Å². The van der Waals surface area contributed by atoms with Gasteiger partial charge in [-0.15, -0.1) is 0 Å². The Morgan fingerprint density at radius 1 is 1.25 bits per heavy atom. The average molecular weight is 398 g/mol. The minimum Gasteiger partial charge on any atom is -0.496 e. The molecule has 0 spiro atoms. The molecule has 1 aliphatic rings. The molecule has 0 aliphatic carbocycles. The second kappa shape index (κ2) is 7.64. The molecule has 4 rings (SSSR count). The summed E-state index contributed by atoms with van der Waals surface area (Å²) in [4.78, 5) is 19.5. The van der Waals surface area contributed by atoms with Crippen molar-refractivity contribution < 1.29 is 14.1 Å². The number of rotatable bonds is 4. The molecule has 144 valence electrons. The number of hydrogen-bond donors (Lipinski definition) is 0. The molecule has 7 heteroatoms. The number of aromatic nitrogens is 2. The lowest BCUT2D eigenvalue weighted by Gasteiger charge is -2.22. The molecule has 6 nitrogen and oxygen atoms in total. The van der Waals surface area contributed by atoms with Crippen LogP contribution in [0.2, 0.25) is 5.02 Å². The molecular weight excluding hydrogens is 378 g/mol. The summed E-state index contributed by atoms with van der Waals surface area (Å²) < 4.78 is 10.9. The van der Waals surface area contributed by atoms with E-state index in [0.717, 1.165) is 24.0 Å². The van der Waals surface area contributed by atoms with E-state index in [2.05, 4.69) is 10.1 Å². The van der Waals surface area contributed by atoms with Crippen LogP contribution in [0.1, 0.15) is 40.7 Å². The molecule has 0 bridgehead atoms. The van der Waals surface area contributed by atoms with Crippen LogP contribution in [0.3, 0.4) is 0 Å². The fraction of sp³-hybridized carbons (Fsp3) is 0.286. The van der Waals surface area contributed by atoms with E-state index in [1.807, 2.05) is 37.3 Å². The van der Waals surface area contributed by atoms with Gasteiger partial charge in [0.05, 0.1) is 12.7 Å². The highest BCUT2D eigenvalue weighted by Crippen LogP contribution is 2.35. The highest BCUT2D eigenvalue weighted by Gasteiger charge is 2.35. The minimum atomic E-state index is -0.252. The number of ether oxygens (including phenoxy) is 1. The van der Waals surface area contributed by atoms with Crippen molar-refractivity contribution in [3.63, 3.8) is 0 Å². The second-order valence-corrected chi connectivity index (χ2v) is 7.13. The molecule has 0 N–H and O–H groups in total. The van der Waals surface area contributed by atoms with E-state index in [1.165, 1.54) is 0 Å². The summed E-state index contributed by atoms with van der Waals surface area (Å²) in [6.45, 7) is 2.55.